The SMILES string of the molecule is O=C(c1cn(Cc2ccccc2Cl)nc1-c1ccccc1)N1CCN(C2CCS(=O)(=O)C2)CC1. The van der Waals surface area contributed by atoms with Crippen molar-refractivity contribution in [3.8, 4) is 11.3 Å². The van der Waals surface area contributed by atoms with Crippen LogP contribution in [0.5, 0.6) is 0 Å². The van der Waals surface area contributed by atoms with Gasteiger partial charge in [0.05, 0.1) is 23.6 Å². The van der Waals surface area contributed by atoms with E-state index in [0.717, 1.165) is 11.1 Å². The van der Waals surface area contributed by atoms with E-state index in [2.05, 4.69) is 4.90 Å². The smallest absolute Gasteiger partial charge is 0.257 e. The van der Waals surface area contributed by atoms with Crippen molar-refractivity contribution in [3.05, 3.63) is 76.9 Å². The maximum atomic E-state index is 13.6. The Morgan fingerprint density at radius 3 is 2.38 bits per heavy atom. The molecule has 2 aliphatic rings. The first-order valence-corrected chi connectivity index (χ1v) is 13.7. The maximum Gasteiger partial charge on any atom is 0.257 e. The average molecular weight is 499 g/mol. The van der Waals surface area contributed by atoms with Crippen molar-refractivity contribution in [1.82, 2.24) is 19.6 Å². The zero-order chi connectivity index (χ0) is 23.7. The molecule has 1 amide bonds. The van der Waals surface area contributed by atoms with Crippen LogP contribution in [0.2, 0.25) is 5.02 Å². The van der Waals surface area contributed by atoms with E-state index < -0.39 is 9.84 Å². The van der Waals surface area contributed by atoms with Gasteiger partial charge in [-0.3, -0.25) is 14.4 Å². The molecular formula is C25H27ClN4O3S. The van der Waals surface area contributed by atoms with E-state index in [0.29, 0.717) is 55.4 Å². The molecule has 178 valence electrons. The predicted octanol–water partition coefficient (Wildman–Crippen LogP) is 3.20. The molecule has 2 aliphatic heterocycles. The lowest BCUT2D eigenvalue weighted by molar-refractivity contribution is 0.0588. The Labute approximate surface area is 204 Å². The molecule has 2 fully saturated rings. The molecule has 1 aromatic heterocycles. The maximum absolute atomic E-state index is 13.6. The summed E-state index contributed by atoms with van der Waals surface area (Å²) in [5, 5.41) is 5.42. The molecule has 3 aromatic rings. The number of piperazine rings is 1. The van der Waals surface area contributed by atoms with Crippen molar-refractivity contribution >= 4 is 27.3 Å². The number of nitrogens with zero attached hydrogens (tertiary/aromatic N) is 4. The Kier molecular flexibility index (Phi) is 6.46. The standard InChI is InChI=1S/C25H27ClN4O3S/c26-23-9-5-4-8-20(23)16-30-17-22(24(27-30)19-6-2-1-3-7-19)25(31)29-13-11-28(12-14-29)21-10-15-34(32,33)18-21/h1-9,17,21H,10-16,18H2. The third-order valence-corrected chi connectivity index (χ3v) is 8.77. The Morgan fingerprint density at radius 2 is 1.71 bits per heavy atom. The fourth-order valence-electron chi connectivity index (χ4n) is 4.79. The molecule has 1 atom stereocenters. The van der Waals surface area contributed by atoms with E-state index in [4.69, 9.17) is 16.7 Å². The molecule has 0 aliphatic carbocycles. The highest BCUT2D eigenvalue weighted by atomic mass is 35.5. The number of carbonyl (C=O) groups is 1. The van der Waals surface area contributed by atoms with Crippen molar-refractivity contribution in [2.24, 2.45) is 0 Å². The Bertz CT molecular complexity index is 1280. The number of rotatable bonds is 5. The van der Waals surface area contributed by atoms with Gasteiger partial charge in [-0.25, -0.2) is 8.42 Å². The van der Waals surface area contributed by atoms with Crippen LogP contribution in [0.1, 0.15) is 22.3 Å². The third-order valence-electron chi connectivity index (χ3n) is 6.66. The molecule has 0 saturated carbocycles. The highest BCUT2D eigenvalue weighted by Gasteiger charge is 2.35. The minimum absolute atomic E-state index is 0.0528. The Balaban J connectivity index is 1.36. The molecular weight excluding hydrogens is 472 g/mol. The summed E-state index contributed by atoms with van der Waals surface area (Å²) in [5.41, 5.74) is 3.04. The molecule has 2 aromatic carbocycles. The first-order valence-electron chi connectivity index (χ1n) is 11.5. The highest BCUT2D eigenvalue weighted by molar-refractivity contribution is 7.91. The van der Waals surface area contributed by atoms with Crippen LogP contribution >= 0.6 is 11.6 Å². The monoisotopic (exact) mass is 498 g/mol. The van der Waals surface area contributed by atoms with E-state index in [1.165, 1.54) is 0 Å². The van der Waals surface area contributed by atoms with Gasteiger partial charge in [0.15, 0.2) is 9.84 Å². The molecule has 34 heavy (non-hydrogen) atoms. The predicted molar refractivity (Wildman–Crippen MR) is 133 cm³/mol. The third kappa shape index (κ3) is 4.89. The summed E-state index contributed by atoms with van der Waals surface area (Å²) in [5.74, 6) is 0.443. The zero-order valence-corrected chi connectivity index (χ0v) is 20.4. The second-order valence-corrected chi connectivity index (χ2v) is 11.6. The molecule has 1 unspecified atom stereocenters. The van der Waals surface area contributed by atoms with Crippen molar-refractivity contribution in [2.75, 3.05) is 37.7 Å². The largest absolute Gasteiger partial charge is 0.336 e. The number of aromatic nitrogens is 2. The van der Waals surface area contributed by atoms with Gasteiger partial charge >= 0.3 is 0 Å². The van der Waals surface area contributed by atoms with Crippen molar-refractivity contribution < 1.29 is 13.2 Å². The van der Waals surface area contributed by atoms with E-state index in [-0.39, 0.29) is 23.5 Å². The van der Waals surface area contributed by atoms with Gasteiger partial charge in [0.25, 0.3) is 5.91 Å². The van der Waals surface area contributed by atoms with Crippen LogP contribution in [0, 0.1) is 0 Å². The quantitative estimate of drug-likeness (QED) is 0.540. The number of amides is 1. The molecule has 0 bridgehead atoms. The Morgan fingerprint density at radius 1 is 1.00 bits per heavy atom. The van der Waals surface area contributed by atoms with Gasteiger partial charge < -0.3 is 4.90 Å². The normalized spacial score (nSPS) is 20.5. The second kappa shape index (κ2) is 9.52. The first-order chi connectivity index (χ1) is 16.4. The topological polar surface area (TPSA) is 75.5 Å². The van der Waals surface area contributed by atoms with Crippen LogP contribution < -0.4 is 0 Å². The minimum atomic E-state index is -2.92. The van der Waals surface area contributed by atoms with Gasteiger partial charge in [0.2, 0.25) is 0 Å². The number of hydrogen-bond donors (Lipinski definition) is 0. The van der Waals surface area contributed by atoms with Crippen molar-refractivity contribution in [1.29, 1.82) is 0 Å². The van der Waals surface area contributed by atoms with Crippen LogP contribution in [0.4, 0.5) is 0 Å². The van der Waals surface area contributed by atoms with Gasteiger partial charge in [0.1, 0.15) is 5.69 Å². The van der Waals surface area contributed by atoms with E-state index in [1.54, 1.807) is 4.68 Å². The molecule has 0 spiro atoms. The summed E-state index contributed by atoms with van der Waals surface area (Å²) < 4.78 is 25.5. The van der Waals surface area contributed by atoms with Gasteiger partial charge in [0, 0.05) is 49.0 Å². The summed E-state index contributed by atoms with van der Waals surface area (Å²) >= 11 is 6.35. The van der Waals surface area contributed by atoms with Crippen LogP contribution in [0.15, 0.2) is 60.8 Å². The van der Waals surface area contributed by atoms with Crippen LogP contribution in [0.25, 0.3) is 11.3 Å². The number of hydrogen-bond acceptors (Lipinski definition) is 5. The summed E-state index contributed by atoms with van der Waals surface area (Å²) in [4.78, 5) is 17.7. The molecule has 0 radical (unpaired) electrons. The van der Waals surface area contributed by atoms with Gasteiger partial charge in [-0.05, 0) is 18.1 Å². The van der Waals surface area contributed by atoms with Crippen LogP contribution in [-0.4, -0.2) is 77.6 Å². The lowest BCUT2D eigenvalue weighted by Gasteiger charge is -2.37. The van der Waals surface area contributed by atoms with Gasteiger partial charge in [-0.1, -0.05) is 60.1 Å². The minimum Gasteiger partial charge on any atom is -0.336 e. The molecule has 5 rings (SSSR count). The number of sulfone groups is 1. The fourth-order valence-corrected chi connectivity index (χ4v) is 6.75. The van der Waals surface area contributed by atoms with E-state index >= 15 is 0 Å². The Hall–Kier alpha value is -2.68. The van der Waals surface area contributed by atoms with Crippen molar-refractivity contribution in [3.63, 3.8) is 0 Å². The lowest BCUT2D eigenvalue weighted by Crippen LogP contribution is -2.52. The fraction of sp³-hybridized carbons (Fsp3) is 0.360. The summed E-state index contributed by atoms with van der Waals surface area (Å²) in [6.07, 6.45) is 2.49. The van der Waals surface area contributed by atoms with E-state index in [9.17, 15) is 13.2 Å². The summed E-state index contributed by atoms with van der Waals surface area (Å²) in [6.45, 7) is 2.97. The molecule has 9 heteroatoms. The number of benzene rings is 2. The van der Waals surface area contributed by atoms with Crippen LogP contribution in [-0.2, 0) is 16.4 Å². The highest BCUT2D eigenvalue weighted by Crippen LogP contribution is 2.26. The average Bonchev–Trinajstić information content (AvgIpc) is 3.44. The van der Waals surface area contributed by atoms with Crippen LogP contribution in [0.3, 0.4) is 0 Å². The lowest BCUT2D eigenvalue weighted by atomic mass is 10.1. The van der Waals surface area contributed by atoms with E-state index in [1.807, 2.05) is 65.7 Å². The summed E-state index contributed by atoms with van der Waals surface area (Å²) in [7, 11) is -2.92. The molecule has 0 N–H and O–H groups in total. The summed E-state index contributed by atoms with van der Waals surface area (Å²) in [6, 6.07) is 17.4. The molecule has 7 nitrogen and oxygen atoms in total. The van der Waals surface area contributed by atoms with Crippen molar-refractivity contribution in [2.45, 2.75) is 19.0 Å². The molecule has 2 saturated heterocycles. The van der Waals surface area contributed by atoms with Gasteiger partial charge in [-0.2, -0.15) is 5.10 Å². The second-order valence-electron chi connectivity index (χ2n) is 8.93. The molecule has 3 heterocycles. The zero-order valence-electron chi connectivity index (χ0n) is 18.8. The van der Waals surface area contributed by atoms with Gasteiger partial charge in [-0.15, -0.1) is 0 Å². The first kappa shape index (κ1) is 23.1. The number of carbonyl (C=O) groups excluding carboxylic acids is 1. The number of halogens is 1.